The van der Waals surface area contributed by atoms with Gasteiger partial charge in [0.2, 0.25) is 0 Å². The Bertz CT molecular complexity index is 1000. The van der Waals surface area contributed by atoms with Crippen molar-refractivity contribution in [3.63, 3.8) is 0 Å². The maximum absolute atomic E-state index is 12.9. The number of hydrogen-bond acceptors (Lipinski definition) is 2. The Hall–Kier alpha value is -2.73. The first-order valence-corrected chi connectivity index (χ1v) is 8.99. The van der Waals surface area contributed by atoms with Gasteiger partial charge in [0.05, 0.1) is 16.3 Å². The molecule has 0 aromatic heterocycles. The Kier molecular flexibility index (Phi) is 5.79. The van der Waals surface area contributed by atoms with E-state index in [0.717, 1.165) is 29.0 Å². The molecule has 1 atom stereocenters. The molecular formula is C21H17ClF3NO2. The zero-order valence-electron chi connectivity index (χ0n) is 14.9. The van der Waals surface area contributed by atoms with Crippen LogP contribution in [-0.4, -0.2) is 12.0 Å². The van der Waals surface area contributed by atoms with Crippen molar-refractivity contribution >= 4 is 34.0 Å². The fraction of sp³-hybridized carbons (Fsp3) is 0.190. The Morgan fingerprint density at radius 3 is 2.46 bits per heavy atom. The number of anilines is 1. The third-order valence-electron chi connectivity index (χ3n) is 4.21. The molecule has 0 fully saturated rings. The number of rotatable bonds is 5. The van der Waals surface area contributed by atoms with Crippen LogP contribution >= 0.6 is 11.6 Å². The SMILES string of the molecule is CC[C@H](Oc1ccc2ccccc2c1)C(=O)Nc1cc(C(F)(F)F)ccc1Cl. The van der Waals surface area contributed by atoms with E-state index < -0.39 is 23.8 Å². The van der Waals surface area contributed by atoms with Crippen molar-refractivity contribution in [2.75, 3.05) is 5.32 Å². The van der Waals surface area contributed by atoms with Crippen LogP contribution in [0.3, 0.4) is 0 Å². The molecule has 28 heavy (non-hydrogen) atoms. The minimum atomic E-state index is -4.53. The molecule has 3 aromatic rings. The Morgan fingerprint density at radius 1 is 1.07 bits per heavy atom. The fourth-order valence-electron chi connectivity index (χ4n) is 2.74. The van der Waals surface area contributed by atoms with Crippen LogP contribution < -0.4 is 10.1 Å². The second-order valence-corrected chi connectivity index (χ2v) is 6.61. The number of ether oxygens (including phenoxy) is 1. The largest absolute Gasteiger partial charge is 0.481 e. The van der Waals surface area contributed by atoms with Gasteiger partial charge in [0.15, 0.2) is 6.10 Å². The van der Waals surface area contributed by atoms with Crippen LogP contribution in [0.15, 0.2) is 60.7 Å². The molecule has 1 N–H and O–H groups in total. The normalized spacial score (nSPS) is 12.6. The molecule has 0 aliphatic carbocycles. The van der Waals surface area contributed by atoms with Gasteiger partial charge in [-0.3, -0.25) is 4.79 Å². The number of alkyl halides is 3. The first-order chi connectivity index (χ1) is 13.3. The summed E-state index contributed by atoms with van der Waals surface area (Å²) in [5.74, 6) is -0.0762. The molecule has 0 heterocycles. The third kappa shape index (κ3) is 4.57. The van der Waals surface area contributed by atoms with E-state index in [0.29, 0.717) is 12.2 Å². The number of hydrogen-bond donors (Lipinski definition) is 1. The molecule has 0 unspecified atom stereocenters. The summed E-state index contributed by atoms with van der Waals surface area (Å²) in [6.45, 7) is 1.75. The van der Waals surface area contributed by atoms with Gasteiger partial charge in [-0.05, 0) is 47.5 Å². The van der Waals surface area contributed by atoms with Gasteiger partial charge in [0.25, 0.3) is 5.91 Å². The van der Waals surface area contributed by atoms with Crippen LogP contribution in [0.2, 0.25) is 5.02 Å². The summed E-state index contributed by atoms with van der Waals surface area (Å²) in [4.78, 5) is 12.5. The summed E-state index contributed by atoms with van der Waals surface area (Å²) in [7, 11) is 0. The van der Waals surface area contributed by atoms with E-state index >= 15 is 0 Å². The minimum absolute atomic E-state index is 0.0157. The Balaban J connectivity index is 1.78. The van der Waals surface area contributed by atoms with E-state index in [1.165, 1.54) is 0 Å². The number of halogens is 4. The van der Waals surface area contributed by atoms with Crippen molar-refractivity contribution in [1.82, 2.24) is 0 Å². The standard InChI is InChI=1S/C21H17ClF3NO2/c1-2-19(28-16-9-7-13-5-3-4-6-14(13)11-16)20(27)26-18-12-15(21(23,24)25)8-10-17(18)22/h3-12,19H,2H2,1H3,(H,26,27)/t19-/m0/s1. The van der Waals surface area contributed by atoms with Gasteiger partial charge in [-0.25, -0.2) is 0 Å². The average Bonchev–Trinajstić information content (AvgIpc) is 2.66. The topological polar surface area (TPSA) is 38.3 Å². The first-order valence-electron chi connectivity index (χ1n) is 8.61. The van der Waals surface area contributed by atoms with Crippen LogP contribution in [0.5, 0.6) is 5.75 Å². The molecular weight excluding hydrogens is 391 g/mol. The Morgan fingerprint density at radius 2 is 1.79 bits per heavy atom. The zero-order valence-corrected chi connectivity index (χ0v) is 15.6. The van der Waals surface area contributed by atoms with E-state index in [9.17, 15) is 18.0 Å². The summed E-state index contributed by atoms with van der Waals surface area (Å²) >= 11 is 5.94. The van der Waals surface area contributed by atoms with Gasteiger partial charge in [0, 0.05) is 0 Å². The van der Waals surface area contributed by atoms with Crippen molar-refractivity contribution in [3.8, 4) is 5.75 Å². The fourth-order valence-corrected chi connectivity index (χ4v) is 2.90. The van der Waals surface area contributed by atoms with Crippen LogP contribution in [0.25, 0.3) is 10.8 Å². The summed E-state index contributed by atoms with van der Waals surface area (Å²) in [5, 5.41) is 4.44. The van der Waals surface area contributed by atoms with Crippen molar-refractivity contribution in [1.29, 1.82) is 0 Å². The number of nitrogens with one attached hydrogen (secondary N) is 1. The maximum atomic E-state index is 12.9. The van der Waals surface area contributed by atoms with E-state index in [2.05, 4.69) is 5.32 Å². The lowest BCUT2D eigenvalue weighted by Gasteiger charge is -2.19. The quantitative estimate of drug-likeness (QED) is 0.538. The highest BCUT2D eigenvalue weighted by molar-refractivity contribution is 6.33. The maximum Gasteiger partial charge on any atom is 0.416 e. The molecule has 0 aliphatic heterocycles. The predicted octanol–water partition coefficient (Wildman–Crippen LogP) is 6.31. The van der Waals surface area contributed by atoms with Gasteiger partial charge in [0.1, 0.15) is 5.75 Å². The molecule has 0 radical (unpaired) electrons. The van der Waals surface area contributed by atoms with E-state index in [-0.39, 0.29) is 10.7 Å². The van der Waals surface area contributed by atoms with Gasteiger partial charge in [-0.1, -0.05) is 48.9 Å². The second kappa shape index (κ2) is 8.10. The lowest BCUT2D eigenvalue weighted by molar-refractivity contribution is -0.137. The van der Waals surface area contributed by atoms with Crippen LogP contribution in [0.4, 0.5) is 18.9 Å². The number of carbonyl (C=O) groups is 1. The van der Waals surface area contributed by atoms with Gasteiger partial charge in [-0.2, -0.15) is 13.2 Å². The molecule has 1 amide bonds. The molecule has 7 heteroatoms. The third-order valence-corrected chi connectivity index (χ3v) is 4.54. The van der Waals surface area contributed by atoms with E-state index in [1.807, 2.05) is 36.4 Å². The van der Waals surface area contributed by atoms with Crippen molar-refractivity contribution in [2.24, 2.45) is 0 Å². The van der Waals surface area contributed by atoms with E-state index in [1.54, 1.807) is 13.0 Å². The summed E-state index contributed by atoms with van der Waals surface area (Å²) in [6.07, 6.45) is -5.09. The van der Waals surface area contributed by atoms with Crippen molar-refractivity contribution in [3.05, 3.63) is 71.2 Å². The monoisotopic (exact) mass is 407 g/mol. The van der Waals surface area contributed by atoms with Gasteiger partial charge < -0.3 is 10.1 Å². The Labute approximate surface area is 165 Å². The molecule has 0 saturated heterocycles. The number of fused-ring (bicyclic) bond motifs is 1. The summed E-state index contributed by atoms with van der Waals surface area (Å²) in [6, 6.07) is 15.9. The minimum Gasteiger partial charge on any atom is -0.481 e. The number of carbonyl (C=O) groups excluding carboxylic acids is 1. The smallest absolute Gasteiger partial charge is 0.416 e. The van der Waals surface area contributed by atoms with Gasteiger partial charge in [-0.15, -0.1) is 0 Å². The highest BCUT2D eigenvalue weighted by atomic mass is 35.5. The van der Waals surface area contributed by atoms with Crippen LogP contribution in [0, 0.1) is 0 Å². The van der Waals surface area contributed by atoms with Crippen molar-refractivity contribution in [2.45, 2.75) is 25.6 Å². The molecule has 146 valence electrons. The molecule has 3 nitrogen and oxygen atoms in total. The molecule has 3 aromatic carbocycles. The highest BCUT2D eigenvalue weighted by Gasteiger charge is 2.31. The molecule has 0 aliphatic rings. The number of amides is 1. The molecule has 0 spiro atoms. The predicted molar refractivity (Wildman–Crippen MR) is 104 cm³/mol. The molecule has 0 bridgehead atoms. The highest BCUT2D eigenvalue weighted by Crippen LogP contribution is 2.34. The van der Waals surface area contributed by atoms with Gasteiger partial charge >= 0.3 is 6.18 Å². The average molecular weight is 408 g/mol. The summed E-state index contributed by atoms with van der Waals surface area (Å²) < 4.78 is 44.5. The lowest BCUT2D eigenvalue weighted by atomic mass is 10.1. The first kappa shape index (κ1) is 20.0. The summed E-state index contributed by atoms with van der Waals surface area (Å²) in [5.41, 5.74) is -1.00. The number of benzene rings is 3. The van der Waals surface area contributed by atoms with Crippen molar-refractivity contribution < 1.29 is 22.7 Å². The zero-order chi connectivity index (χ0) is 20.3. The molecule has 3 rings (SSSR count). The lowest BCUT2D eigenvalue weighted by Crippen LogP contribution is -2.32. The van der Waals surface area contributed by atoms with E-state index in [4.69, 9.17) is 16.3 Å². The molecule has 0 saturated carbocycles. The second-order valence-electron chi connectivity index (χ2n) is 6.21. The van der Waals surface area contributed by atoms with Crippen LogP contribution in [0.1, 0.15) is 18.9 Å². The van der Waals surface area contributed by atoms with Crippen LogP contribution in [-0.2, 0) is 11.0 Å².